The smallest absolute Gasteiger partial charge is 0.224 e. The molecule has 1 aromatic rings. The van der Waals surface area contributed by atoms with Gasteiger partial charge in [-0.25, -0.2) is 4.98 Å². The highest BCUT2D eigenvalue weighted by Crippen LogP contribution is 2.29. The Hall–Kier alpha value is -1.03. The summed E-state index contributed by atoms with van der Waals surface area (Å²) in [4.78, 5) is 10.4. The topological polar surface area (TPSA) is 55.0 Å². The van der Waals surface area contributed by atoms with E-state index in [1.807, 2.05) is 14.0 Å². The first-order chi connectivity index (χ1) is 8.08. The maximum absolute atomic E-state index is 6.00. The maximum atomic E-state index is 6.00. The zero-order valence-electron chi connectivity index (χ0n) is 10.4. The van der Waals surface area contributed by atoms with Gasteiger partial charge in [-0.3, -0.25) is 0 Å². The molecule has 1 aliphatic carbocycles. The molecule has 1 heterocycles. The van der Waals surface area contributed by atoms with E-state index in [0.29, 0.717) is 5.69 Å². The summed E-state index contributed by atoms with van der Waals surface area (Å²) in [6, 6.07) is 0. The lowest BCUT2D eigenvalue weighted by Gasteiger charge is -2.23. The van der Waals surface area contributed by atoms with E-state index in [-0.39, 0.29) is 5.28 Å². The number of rotatable bonds is 3. The molecule has 0 aliphatic heterocycles. The fourth-order valence-corrected chi connectivity index (χ4v) is 2.70. The predicted molar refractivity (Wildman–Crippen MR) is 71.4 cm³/mol. The third-order valence-corrected chi connectivity index (χ3v) is 3.63. The minimum absolute atomic E-state index is 0.268. The molecule has 1 saturated carbocycles. The average molecular weight is 255 g/mol. The van der Waals surface area contributed by atoms with Crippen molar-refractivity contribution in [2.75, 3.05) is 24.2 Å². The molecule has 2 rings (SSSR count). The molecule has 0 atom stereocenters. The first kappa shape index (κ1) is 12.4. The Morgan fingerprint density at radius 2 is 2.00 bits per heavy atom. The summed E-state index contributed by atoms with van der Waals surface area (Å²) >= 11 is 5.88. The van der Waals surface area contributed by atoms with E-state index < -0.39 is 0 Å². The van der Waals surface area contributed by atoms with E-state index in [4.69, 9.17) is 17.3 Å². The Morgan fingerprint density at radius 1 is 1.35 bits per heavy atom. The molecule has 0 aromatic carbocycles. The van der Waals surface area contributed by atoms with Gasteiger partial charge in [0.1, 0.15) is 0 Å². The molecular weight excluding hydrogens is 236 g/mol. The fraction of sp³-hybridized carbons (Fsp3) is 0.667. The van der Waals surface area contributed by atoms with Gasteiger partial charge in [0.25, 0.3) is 0 Å². The van der Waals surface area contributed by atoms with Crippen LogP contribution in [0.25, 0.3) is 0 Å². The lowest BCUT2D eigenvalue weighted by atomic mass is 10.1. The Balaban J connectivity index is 2.14. The second-order valence-corrected chi connectivity index (χ2v) is 5.18. The molecule has 4 nitrogen and oxygen atoms in total. The van der Waals surface area contributed by atoms with Gasteiger partial charge < -0.3 is 10.6 Å². The van der Waals surface area contributed by atoms with Crippen molar-refractivity contribution in [3.63, 3.8) is 0 Å². The van der Waals surface area contributed by atoms with Crippen LogP contribution in [0.1, 0.15) is 31.4 Å². The van der Waals surface area contributed by atoms with Crippen LogP contribution < -0.4 is 10.6 Å². The molecule has 0 amide bonds. The van der Waals surface area contributed by atoms with Gasteiger partial charge in [-0.2, -0.15) is 4.98 Å². The van der Waals surface area contributed by atoms with Gasteiger partial charge in [0.15, 0.2) is 5.82 Å². The molecular formula is C12H19ClN4. The van der Waals surface area contributed by atoms with Crippen molar-refractivity contribution >= 4 is 23.1 Å². The van der Waals surface area contributed by atoms with Gasteiger partial charge in [0.05, 0.1) is 11.4 Å². The summed E-state index contributed by atoms with van der Waals surface area (Å²) in [6.45, 7) is 2.85. The van der Waals surface area contributed by atoms with Crippen LogP contribution in [-0.2, 0) is 0 Å². The molecule has 1 aromatic heterocycles. The second kappa shape index (κ2) is 5.08. The highest BCUT2D eigenvalue weighted by Gasteiger charge is 2.19. The molecule has 0 spiro atoms. The van der Waals surface area contributed by atoms with Gasteiger partial charge in [-0.1, -0.05) is 12.8 Å². The SMILES string of the molecule is Cc1nc(Cl)nc(N(C)CC2CCCC2)c1N. The van der Waals surface area contributed by atoms with Gasteiger partial charge in [-0.05, 0) is 37.3 Å². The second-order valence-electron chi connectivity index (χ2n) is 4.85. The summed E-state index contributed by atoms with van der Waals surface area (Å²) in [7, 11) is 2.02. The molecule has 94 valence electrons. The number of anilines is 2. The van der Waals surface area contributed by atoms with E-state index >= 15 is 0 Å². The average Bonchev–Trinajstić information content (AvgIpc) is 2.76. The first-order valence-electron chi connectivity index (χ1n) is 6.08. The molecule has 2 N–H and O–H groups in total. The number of nitrogen functional groups attached to an aromatic ring is 1. The van der Waals surface area contributed by atoms with Gasteiger partial charge >= 0.3 is 0 Å². The summed E-state index contributed by atoms with van der Waals surface area (Å²) in [5.41, 5.74) is 7.38. The van der Waals surface area contributed by atoms with Crippen LogP contribution in [0.15, 0.2) is 0 Å². The number of hydrogen-bond acceptors (Lipinski definition) is 4. The molecule has 0 radical (unpaired) electrons. The standard InChI is InChI=1S/C12H19ClN4/c1-8-10(14)11(16-12(13)15-8)17(2)7-9-5-3-4-6-9/h9H,3-7,14H2,1-2H3. The Morgan fingerprint density at radius 3 is 2.65 bits per heavy atom. The molecule has 0 unspecified atom stereocenters. The number of halogens is 1. The third kappa shape index (κ3) is 2.80. The normalized spacial score (nSPS) is 16.4. The Kier molecular flexibility index (Phi) is 3.72. The van der Waals surface area contributed by atoms with Crippen molar-refractivity contribution in [2.45, 2.75) is 32.6 Å². The zero-order valence-corrected chi connectivity index (χ0v) is 11.2. The predicted octanol–water partition coefficient (Wildman–Crippen LogP) is 2.65. The highest BCUT2D eigenvalue weighted by atomic mass is 35.5. The minimum atomic E-state index is 0.268. The van der Waals surface area contributed by atoms with Crippen LogP contribution in [0.5, 0.6) is 0 Å². The van der Waals surface area contributed by atoms with Crippen molar-refractivity contribution in [2.24, 2.45) is 5.92 Å². The number of nitrogens with two attached hydrogens (primary N) is 1. The van der Waals surface area contributed by atoms with Crippen LogP contribution in [0, 0.1) is 12.8 Å². The van der Waals surface area contributed by atoms with E-state index in [2.05, 4.69) is 14.9 Å². The monoisotopic (exact) mass is 254 g/mol. The summed E-state index contributed by atoms with van der Waals surface area (Å²) < 4.78 is 0. The van der Waals surface area contributed by atoms with Crippen LogP contribution >= 0.6 is 11.6 Å². The van der Waals surface area contributed by atoms with Crippen LogP contribution in [-0.4, -0.2) is 23.6 Å². The maximum Gasteiger partial charge on any atom is 0.224 e. The van der Waals surface area contributed by atoms with Crippen LogP contribution in [0.4, 0.5) is 11.5 Å². The van der Waals surface area contributed by atoms with Crippen molar-refractivity contribution in [3.8, 4) is 0 Å². The van der Waals surface area contributed by atoms with Crippen molar-refractivity contribution in [3.05, 3.63) is 11.0 Å². The molecule has 0 bridgehead atoms. The van der Waals surface area contributed by atoms with Crippen LogP contribution in [0.3, 0.4) is 0 Å². The lowest BCUT2D eigenvalue weighted by molar-refractivity contribution is 0.545. The molecule has 5 heteroatoms. The van der Waals surface area contributed by atoms with E-state index in [0.717, 1.165) is 24.0 Å². The quantitative estimate of drug-likeness (QED) is 0.843. The fourth-order valence-electron chi connectivity index (χ4n) is 2.49. The highest BCUT2D eigenvalue weighted by molar-refractivity contribution is 6.28. The van der Waals surface area contributed by atoms with Gasteiger partial charge in [0.2, 0.25) is 5.28 Å². The third-order valence-electron chi connectivity index (χ3n) is 3.46. The Bertz CT molecular complexity index is 402. The number of aryl methyl sites for hydroxylation is 1. The summed E-state index contributed by atoms with van der Waals surface area (Å²) in [5.74, 6) is 1.52. The largest absolute Gasteiger partial charge is 0.394 e. The summed E-state index contributed by atoms with van der Waals surface area (Å²) in [6.07, 6.45) is 5.30. The van der Waals surface area contributed by atoms with E-state index in [1.54, 1.807) is 0 Å². The van der Waals surface area contributed by atoms with Gasteiger partial charge in [-0.15, -0.1) is 0 Å². The lowest BCUT2D eigenvalue weighted by Crippen LogP contribution is -2.26. The molecule has 1 aliphatic rings. The molecule has 17 heavy (non-hydrogen) atoms. The Labute approximate surface area is 107 Å². The number of nitrogens with zero attached hydrogens (tertiary/aromatic N) is 3. The zero-order chi connectivity index (χ0) is 12.4. The number of hydrogen-bond donors (Lipinski definition) is 1. The number of aromatic nitrogens is 2. The van der Waals surface area contributed by atoms with E-state index in [9.17, 15) is 0 Å². The van der Waals surface area contributed by atoms with Crippen molar-refractivity contribution in [1.29, 1.82) is 0 Å². The first-order valence-corrected chi connectivity index (χ1v) is 6.46. The van der Waals surface area contributed by atoms with Gasteiger partial charge in [0, 0.05) is 13.6 Å². The molecule has 0 saturated heterocycles. The minimum Gasteiger partial charge on any atom is -0.394 e. The van der Waals surface area contributed by atoms with Crippen molar-refractivity contribution < 1.29 is 0 Å². The summed E-state index contributed by atoms with van der Waals surface area (Å²) in [5, 5.41) is 0.268. The van der Waals surface area contributed by atoms with E-state index in [1.165, 1.54) is 25.7 Å². The van der Waals surface area contributed by atoms with Crippen LogP contribution in [0.2, 0.25) is 5.28 Å². The van der Waals surface area contributed by atoms with Crippen molar-refractivity contribution in [1.82, 2.24) is 9.97 Å². The molecule has 1 fully saturated rings.